The molecule has 2 heterocycles. The number of para-hydroxylation sites is 1. The molecule has 0 aliphatic carbocycles. The Balaban J connectivity index is 1.27. The molecule has 3 aromatic rings. The van der Waals surface area contributed by atoms with E-state index in [0.717, 1.165) is 22.0 Å². The Morgan fingerprint density at radius 3 is 2.74 bits per heavy atom. The molecule has 1 aliphatic rings. The number of hydrogen-bond acceptors (Lipinski definition) is 5. The highest BCUT2D eigenvalue weighted by Gasteiger charge is 2.17. The lowest BCUT2D eigenvalue weighted by Gasteiger charge is -2.23. The summed E-state index contributed by atoms with van der Waals surface area (Å²) in [6, 6.07) is 13.6. The maximum atomic E-state index is 12.6. The van der Waals surface area contributed by atoms with E-state index in [1.807, 2.05) is 55.6 Å². The molecule has 1 amide bonds. The summed E-state index contributed by atoms with van der Waals surface area (Å²) in [5.74, 6) is 0.802. The third-order valence-corrected chi connectivity index (χ3v) is 5.34. The van der Waals surface area contributed by atoms with E-state index < -0.39 is 0 Å². The Morgan fingerprint density at radius 2 is 1.90 bits per heavy atom. The van der Waals surface area contributed by atoms with Crippen LogP contribution >= 0.6 is 0 Å². The van der Waals surface area contributed by atoms with Crippen LogP contribution in [0.25, 0.3) is 10.9 Å². The van der Waals surface area contributed by atoms with Gasteiger partial charge in [-0.3, -0.25) is 9.59 Å². The van der Waals surface area contributed by atoms with E-state index in [9.17, 15) is 9.59 Å². The first kappa shape index (κ1) is 20.8. The SMILES string of the molecule is CCN(Cc1ccc2c(c1)OCCO2)C(=O)COC(=O)CCc1c[nH]c2ccccc12. The largest absolute Gasteiger partial charge is 0.486 e. The van der Waals surface area contributed by atoms with Crippen molar-refractivity contribution in [3.63, 3.8) is 0 Å². The number of carbonyl (C=O) groups is 2. The molecular formula is C24H26N2O5. The van der Waals surface area contributed by atoms with Crippen LogP contribution in [0.15, 0.2) is 48.7 Å². The number of esters is 1. The van der Waals surface area contributed by atoms with Crippen molar-refractivity contribution in [3.05, 3.63) is 59.8 Å². The molecule has 2 aromatic carbocycles. The smallest absolute Gasteiger partial charge is 0.306 e. The van der Waals surface area contributed by atoms with Gasteiger partial charge in [-0.1, -0.05) is 24.3 Å². The maximum Gasteiger partial charge on any atom is 0.306 e. The number of benzene rings is 2. The van der Waals surface area contributed by atoms with E-state index in [4.69, 9.17) is 14.2 Å². The van der Waals surface area contributed by atoms with Gasteiger partial charge >= 0.3 is 5.97 Å². The van der Waals surface area contributed by atoms with Gasteiger partial charge < -0.3 is 24.1 Å². The summed E-state index contributed by atoms with van der Waals surface area (Å²) in [6.07, 6.45) is 2.70. The number of nitrogens with one attached hydrogen (secondary N) is 1. The maximum absolute atomic E-state index is 12.6. The molecule has 0 spiro atoms. The predicted molar refractivity (Wildman–Crippen MR) is 116 cm³/mol. The van der Waals surface area contributed by atoms with Gasteiger partial charge in [0.15, 0.2) is 18.1 Å². The molecule has 7 heteroatoms. The Kier molecular flexibility index (Phi) is 6.40. The van der Waals surface area contributed by atoms with Gasteiger partial charge in [-0.2, -0.15) is 0 Å². The Bertz CT molecular complexity index is 1070. The lowest BCUT2D eigenvalue weighted by Crippen LogP contribution is -2.34. The highest BCUT2D eigenvalue weighted by Crippen LogP contribution is 2.31. The monoisotopic (exact) mass is 422 g/mol. The summed E-state index contributed by atoms with van der Waals surface area (Å²) in [5.41, 5.74) is 3.04. The van der Waals surface area contributed by atoms with Gasteiger partial charge in [0.1, 0.15) is 13.2 Å². The van der Waals surface area contributed by atoms with Crippen LogP contribution in [-0.4, -0.2) is 48.1 Å². The molecule has 4 rings (SSSR count). The van der Waals surface area contributed by atoms with Crippen LogP contribution in [0.2, 0.25) is 0 Å². The van der Waals surface area contributed by atoms with E-state index >= 15 is 0 Å². The fourth-order valence-electron chi connectivity index (χ4n) is 3.66. The molecule has 0 atom stereocenters. The van der Waals surface area contributed by atoms with Crippen molar-refractivity contribution in [2.24, 2.45) is 0 Å². The number of hydrogen-bond donors (Lipinski definition) is 1. The normalized spacial score (nSPS) is 12.5. The second kappa shape index (κ2) is 9.55. The van der Waals surface area contributed by atoms with Crippen molar-refractivity contribution < 1.29 is 23.8 Å². The predicted octanol–water partition coefficient (Wildman–Crippen LogP) is 3.46. The van der Waals surface area contributed by atoms with Crippen molar-refractivity contribution in [2.45, 2.75) is 26.3 Å². The molecule has 7 nitrogen and oxygen atoms in total. The second-order valence-electron chi connectivity index (χ2n) is 7.41. The average molecular weight is 422 g/mol. The quantitative estimate of drug-likeness (QED) is 0.563. The number of aromatic nitrogens is 1. The fourth-order valence-corrected chi connectivity index (χ4v) is 3.66. The summed E-state index contributed by atoms with van der Waals surface area (Å²) in [6.45, 7) is 3.62. The highest BCUT2D eigenvalue weighted by atomic mass is 16.6. The number of nitrogens with zero attached hydrogens (tertiary/aromatic N) is 1. The molecule has 1 aromatic heterocycles. The van der Waals surface area contributed by atoms with E-state index in [1.54, 1.807) is 4.90 Å². The first-order valence-corrected chi connectivity index (χ1v) is 10.5. The number of amides is 1. The zero-order valence-electron chi connectivity index (χ0n) is 17.6. The molecular weight excluding hydrogens is 396 g/mol. The summed E-state index contributed by atoms with van der Waals surface area (Å²) in [7, 11) is 0. The van der Waals surface area contributed by atoms with Crippen molar-refractivity contribution in [3.8, 4) is 11.5 Å². The molecule has 31 heavy (non-hydrogen) atoms. The van der Waals surface area contributed by atoms with Gasteiger partial charge in [-0.05, 0) is 42.7 Å². The fraction of sp³-hybridized carbons (Fsp3) is 0.333. The number of ether oxygens (including phenoxy) is 3. The summed E-state index contributed by atoms with van der Waals surface area (Å²) in [5, 5.41) is 1.10. The number of likely N-dealkylation sites (N-methyl/N-ethyl adjacent to an activating group) is 1. The Hall–Kier alpha value is -3.48. The highest BCUT2D eigenvalue weighted by molar-refractivity contribution is 5.84. The molecule has 1 aliphatic heterocycles. The number of fused-ring (bicyclic) bond motifs is 2. The topological polar surface area (TPSA) is 80.9 Å². The first-order chi connectivity index (χ1) is 15.1. The molecule has 1 N–H and O–H groups in total. The average Bonchev–Trinajstić information content (AvgIpc) is 3.22. The van der Waals surface area contributed by atoms with Crippen molar-refractivity contribution in [2.75, 3.05) is 26.4 Å². The van der Waals surface area contributed by atoms with E-state index in [0.29, 0.717) is 44.2 Å². The third-order valence-electron chi connectivity index (χ3n) is 5.34. The minimum absolute atomic E-state index is 0.224. The molecule has 162 valence electrons. The number of carbonyl (C=O) groups excluding carboxylic acids is 2. The Labute approximate surface area is 180 Å². The van der Waals surface area contributed by atoms with E-state index in [-0.39, 0.29) is 24.9 Å². The standard InChI is InChI=1S/C24H26N2O5/c1-2-26(15-17-7-9-21-22(13-17)30-12-11-29-21)23(27)16-31-24(28)10-8-18-14-25-20-6-4-3-5-19(18)20/h3-7,9,13-14,25H,2,8,10-12,15-16H2,1H3. The van der Waals surface area contributed by atoms with Crippen LogP contribution in [0.4, 0.5) is 0 Å². The first-order valence-electron chi connectivity index (χ1n) is 10.5. The number of H-pyrrole nitrogens is 1. The van der Waals surface area contributed by atoms with Crippen molar-refractivity contribution in [1.82, 2.24) is 9.88 Å². The number of aromatic amines is 1. The van der Waals surface area contributed by atoms with Gasteiger partial charge in [0, 0.05) is 36.6 Å². The van der Waals surface area contributed by atoms with Gasteiger partial charge in [0.05, 0.1) is 0 Å². The van der Waals surface area contributed by atoms with Crippen LogP contribution in [0.5, 0.6) is 11.5 Å². The van der Waals surface area contributed by atoms with Crippen molar-refractivity contribution >= 4 is 22.8 Å². The minimum atomic E-state index is -0.381. The van der Waals surface area contributed by atoms with Crippen LogP contribution in [-0.2, 0) is 27.3 Å². The molecule has 0 fully saturated rings. The lowest BCUT2D eigenvalue weighted by atomic mass is 10.1. The third kappa shape index (κ3) is 4.99. The number of aryl methyl sites for hydroxylation is 1. The van der Waals surface area contributed by atoms with Gasteiger partial charge in [-0.15, -0.1) is 0 Å². The van der Waals surface area contributed by atoms with Crippen LogP contribution in [0.3, 0.4) is 0 Å². The van der Waals surface area contributed by atoms with Crippen molar-refractivity contribution in [1.29, 1.82) is 0 Å². The molecule has 0 radical (unpaired) electrons. The van der Waals surface area contributed by atoms with Crippen LogP contribution in [0, 0.1) is 0 Å². The molecule has 0 saturated carbocycles. The number of rotatable bonds is 8. The summed E-state index contributed by atoms with van der Waals surface area (Å²) >= 11 is 0. The van der Waals surface area contributed by atoms with E-state index in [2.05, 4.69) is 4.98 Å². The zero-order chi connectivity index (χ0) is 21.6. The minimum Gasteiger partial charge on any atom is -0.486 e. The lowest BCUT2D eigenvalue weighted by molar-refractivity contribution is -0.152. The van der Waals surface area contributed by atoms with E-state index in [1.165, 1.54) is 0 Å². The van der Waals surface area contributed by atoms with Gasteiger partial charge in [0.2, 0.25) is 0 Å². The van der Waals surface area contributed by atoms with Gasteiger partial charge in [-0.25, -0.2) is 0 Å². The summed E-state index contributed by atoms with van der Waals surface area (Å²) in [4.78, 5) is 29.6. The summed E-state index contributed by atoms with van der Waals surface area (Å²) < 4.78 is 16.4. The van der Waals surface area contributed by atoms with Crippen LogP contribution in [0.1, 0.15) is 24.5 Å². The Morgan fingerprint density at radius 1 is 1.10 bits per heavy atom. The van der Waals surface area contributed by atoms with Gasteiger partial charge in [0.25, 0.3) is 5.91 Å². The molecule has 0 saturated heterocycles. The second-order valence-corrected chi connectivity index (χ2v) is 7.41. The zero-order valence-corrected chi connectivity index (χ0v) is 17.6. The molecule has 0 unspecified atom stereocenters. The molecule has 0 bridgehead atoms. The van der Waals surface area contributed by atoms with Crippen LogP contribution < -0.4 is 9.47 Å².